The minimum atomic E-state index is 0.414. The van der Waals surface area contributed by atoms with E-state index in [0.717, 1.165) is 32.0 Å². The highest BCUT2D eigenvalue weighted by atomic mass is 35.5. The second-order valence-corrected chi connectivity index (χ2v) is 5.60. The molecule has 21 heavy (non-hydrogen) atoms. The summed E-state index contributed by atoms with van der Waals surface area (Å²) in [4.78, 5) is 13.6. The Morgan fingerprint density at radius 1 is 1.33 bits per heavy atom. The van der Waals surface area contributed by atoms with Crippen molar-refractivity contribution in [2.75, 3.05) is 37.7 Å². The van der Waals surface area contributed by atoms with Crippen molar-refractivity contribution in [2.24, 2.45) is 0 Å². The average molecular weight is 313 g/mol. The third-order valence-corrected chi connectivity index (χ3v) is 4.17. The average Bonchev–Trinajstić information content (AvgIpc) is 2.96. The van der Waals surface area contributed by atoms with Crippen molar-refractivity contribution in [1.29, 1.82) is 0 Å². The zero-order chi connectivity index (χ0) is 15.2. The number of halogens is 1. The van der Waals surface area contributed by atoms with Crippen LogP contribution < -0.4 is 4.90 Å². The lowest BCUT2D eigenvalue weighted by Crippen LogP contribution is -2.37. The predicted molar refractivity (Wildman–Crippen MR) is 85.9 cm³/mol. The Bertz CT molecular complexity index is 453. The van der Waals surface area contributed by atoms with Crippen LogP contribution in [0.4, 0.5) is 5.82 Å². The topological polar surface area (TPSA) is 41.5 Å². The first-order chi connectivity index (χ1) is 10.2. The van der Waals surface area contributed by atoms with E-state index in [1.807, 2.05) is 13.0 Å². The Labute approximate surface area is 132 Å². The van der Waals surface area contributed by atoms with Gasteiger partial charge in [0.25, 0.3) is 0 Å². The van der Waals surface area contributed by atoms with Crippen LogP contribution in [0.3, 0.4) is 0 Å². The van der Waals surface area contributed by atoms with Crippen molar-refractivity contribution >= 4 is 17.4 Å². The van der Waals surface area contributed by atoms with Crippen molar-refractivity contribution in [3.05, 3.63) is 17.0 Å². The Balaban J connectivity index is 2.06. The molecule has 1 aliphatic rings. The van der Waals surface area contributed by atoms with Crippen LogP contribution in [-0.4, -0.2) is 53.7 Å². The number of hydrogen-bond donors (Lipinski definition) is 0. The van der Waals surface area contributed by atoms with Gasteiger partial charge in [0.15, 0.2) is 5.82 Å². The largest absolute Gasteiger partial charge is 0.374 e. The van der Waals surface area contributed by atoms with Crippen LogP contribution in [0.15, 0.2) is 6.07 Å². The molecule has 2 heterocycles. The molecular weight excluding hydrogens is 288 g/mol. The van der Waals surface area contributed by atoms with Crippen molar-refractivity contribution < 1.29 is 4.74 Å². The molecule has 0 radical (unpaired) electrons. The van der Waals surface area contributed by atoms with Crippen LogP contribution in [0.2, 0.25) is 5.15 Å². The van der Waals surface area contributed by atoms with Crippen LogP contribution in [0.5, 0.6) is 0 Å². The van der Waals surface area contributed by atoms with Crippen molar-refractivity contribution in [3.8, 4) is 0 Å². The quantitative estimate of drug-likeness (QED) is 0.724. The Kier molecular flexibility index (Phi) is 6.21. The van der Waals surface area contributed by atoms with Gasteiger partial charge in [-0.1, -0.05) is 25.4 Å². The van der Waals surface area contributed by atoms with Crippen LogP contribution in [-0.2, 0) is 11.3 Å². The van der Waals surface area contributed by atoms with Crippen molar-refractivity contribution in [3.63, 3.8) is 0 Å². The number of hydrogen-bond acceptors (Lipinski definition) is 5. The number of nitrogens with zero attached hydrogens (tertiary/aromatic N) is 4. The van der Waals surface area contributed by atoms with E-state index in [4.69, 9.17) is 16.3 Å². The molecule has 0 aliphatic carbocycles. The van der Waals surface area contributed by atoms with Gasteiger partial charge in [-0.3, -0.25) is 4.90 Å². The normalized spacial score (nSPS) is 18.7. The Morgan fingerprint density at radius 2 is 2.10 bits per heavy atom. The molecule has 1 unspecified atom stereocenters. The van der Waals surface area contributed by atoms with Gasteiger partial charge in [0.05, 0.1) is 0 Å². The highest BCUT2D eigenvalue weighted by Crippen LogP contribution is 2.23. The minimum Gasteiger partial charge on any atom is -0.374 e. The first-order valence-electron chi connectivity index (χ1n) is 7.78. The summed E-state index contributed by atoms with van der Waals surface area (Å²) in [5.41, 5.74) is 0. The SMILES string of the molecule is CCOCc1nc(Cl)cc(N2CCC(N(CC)CC)C2)n1. The molecular formula is C15H25ClN4O. The van der Waals surface area contributed by atoms with Gasteiger partial charge in [0.1, 0.15) is 17.6 Å². The summed E-state index contributed by atoms with van der Waals surface area (Å²) in [5.74, 6) is 1.57. The number of ether oxygens (including phenoxy) is 1. The van der Waals surface area contributed by atoms with Crippen molar-refractivity contribution in [1.82, 2.24) is 14.9 Å². The molecule has 1 aromatic rings. The van der Waals surface area contributed by atoms with Crippen LogP contribution in [0, 0.1) is 0 Å². The molecule has 0 N–H and O–H groups in total. The van der Waals surface area contributed by atoms with E-state index in [1.54, 1.807) is 0 Å². The summed E-state index contributed by atoms with van der Waals surface area (Å²) < 4.78 is 5.38. The molecule has 0 amide bonds. The van der Waals surface area contributed by atoms with Gasteiger partial charge in [-0.15, -0.1) is 0 Å². The zero-order valence-electron chi connectivity index (χ0n) is 13.2. The fourth-order valence-corrected chi connectivity index (χ4v) is 3.05. The molecule has 0 saturated carbocycles. The van der Waals surface area contributed by atoms with E-state index >= 15 is 0 Å². The molecule has 2 rings (SSSR count). The van der Waals surface area contributed by atoms with E-state index in [9.17, 15) is 0 Å². The molecule has 1 aliphatic heterocycles. The highest BCUT2D eigenvalue weighted by molar-refractivity contribution is 6.29. The monoisotopic (exact) mass is 312 g/mol. The molecule has 0 spiro atoms. The molecule has 1 saturated heterocycles. The molecule has 1 atom stereocenters. The van der Waals surface area contributed by atoms with E-state index in [2.05, 4.69) is 33.6 Å². The van der Waals surface area contributed by atoms with E-state index in [1.165, 1.54) is 6.42 Å². The number of aromatic nitrogens is 2. The maximum atomic E-state index is 6.12. The van der Waals surface area contributed by atoms with Gasteiger partial charge in [-0.05, 0) is 26.4 Å². The summed E-state index contributed by atoms with van der Waals surface area (Å²) in [5, 5.41) is 0.487. The third-order valence-electron chi connectivity index (χ3n) is 3.98. The second-order valence-electron chi connectivity index (χ2n) is 5.21. The van der Waals surface area contributed by atoms with Gasteiger partial charge in [-0.25, -0.2) is 9.97 Å². The third kappa shape index (κ3) is 4.28. The Morgan fingerprint density at radius 3 is 2.76 bits per heavy atom. The van der Waals surface area contributed by atoms with Gasteiger partial charge in [-0.2, -0.15) is 0 Å². The standard InChI is InChI=1S/C15H25ClN4O/c1-4-19(5-2)12-7-8-20(10-12)15-9-13(16)17-14(18-15)11-21-6-3/h9,12H,4-8,10-11H2,1-3H3. The lowest BCUT2D eigenvalue weighted by molar-refractivity contribution is 0.128. The maximum absolute atomic E-state index is 6.12. The molecule has 0 bridgehead atoms. The fourth-order valence-electron chi connectivity index (χ4n) is 2.86. The first kappa shape index (κ1) is 16.5. The number of likely N-dealkylation sites (N-methyl/N-ethyl adjacent to an activating group) is 1. The lowest BCUT2D eigenvalue weighted by Gasteiger charge is -2.26. The van der Waals surface area contributed by atoms with Gasteiger partial charge >= 0.3 is 0 Å². The molecule has 6 heteroatoms. The maximum Gasteiger partial charge on any atom is 0.158 e. The lowest BCUT2D eigenvalue weighted by atomic mass is 10.2. The molecule has 5 nitrogen and oxygen atoms in total. The minimum absolute atomic E-state index is 0.414. The van der Waals surface area contributed by atoms with Crippen LogP contribution in [0.25, 0.3) is 0 Å². The predicted octanol–water partition coefficient (Wildman–Crippen LogP) is 2.59. The first-order valence-corrected chi connectivity index (χ1v) is 8.15. The molecule has 118 valence electrons. The summed E-state index contributed by atoms with van der Waals surface area (Å²) in [6.07, 6.45) is 1.17. The van der Waals surface area contributed by atoms with Gasteiger partial charge in [0, 0.05) is 31.8 Å². The highest BCUT2D eigenvalue weighted by Gasteiger charge is 2.27. The number of anilines is 1. The summed E-state index contributed by atoms with van der Waals surface area (Å²) in [6.45, 7) is 11.7. The summed E-state index contributed by atoms with van der Waals surface area (Å²) >= 11 is 6.12. The smallest absolute Gasteiger partial charge is 0.158 e. The van der Waals surface area contributed by atoms with E-state index in [0.29, 0.717) is 30.2 Å². The van der Waals surface area contributed by atoms with Gasteiger partial charge in [0.2, 0.25) is 0 Å². The van der Waals surface area contributed by atoms with Crippen molar-refractivity contribution in [2.45, 2.75) is 39.8 Å². The van der Waals surface area contributed by atoms with Crippen LogP contribution >= 0.6 is 11.6 Å². The second kappa shape index (κ2) is 7.92. The Hall–Kier alpha value is -0.910. The molecule has 1 aromatic heterocycles. The molecule has 0 aromatic carbocycles. The van der Waals surface area contributed by atoms with Crippen LogP contribution in [0.1, 0.15) is 33.0 Å². The zero-order valence-corrected chi connectivity index (χ0v) is 13.9. The number of rotatable bonds is 7. The van der Waals surface area contributed by atoms with Gasteiger partial charge < -0.3 is 9.64 Å². The summed E-state index contributed by atoms with van der Waals surface area (Å²) in [6, 6.07) is 2.45. The summed E-state index contributed by atoms with van der Waals surface area (Å²) in [7, 11) is 0. The van der Waals surface area contributed by atoms with E-state index < -0.39 is 0 Å². The molecule has 1 fully saturated rings. The fraction of sp³-hybridized carbons (Fsp3) is 0.733. The van der Waals surface area contributed by atoms with E-state index in [-0.39, 0.29) is 0 Å².